The molecule has 1 unspecified atom stereocenters. The van der Waals surface area contributed by atoms with Gasteiger partial charge in [0.15, 0.2) is 5.76 Å². The summed E-state index contributed by atoms with van der Waals surface area (Å²) in [6.45, 7) is 5.50. The van der Waals surface area contributed by atoms with E-state index in [0.717, 1.165) is 48.3 Å². The van der Waals surface area contributed by atoms with Crippen molar-refractivity contribution >= 4 is 11.6 Å². The normalized spacial score (nSPS) is 20.2. The van der Waals surface area contributed by atoms with Gasteiger partial charge in [0.05, 0.1) is 19.3 Å². The molecule has 0 bridgehead atoms. The van der Waals surface area contributed by atoms with E-state index in [-0.39, 0.29) is 6.10 Å². The molecule has 0 N–H and O–H groups in total. The zero-order valence-corrected chi connectivity index (χ0v) is 12.1. The van der Waals surface area contributed by atoms with Crippen LogP contribution in [0.15, 0.2) is 34.9 Å². The summed E-state index contributed by atoms with van der Waals surface area (Å²) in [5.74, 6) is 0.879. The number of hydrogen-bond acceptors (Lipinski definition) is 4. The Kier molecular flexibility index (Phi) is 4.05. The first-order valence-electron chi connectivity index (χ1n) is 6.76. The van der Waals surface area contributed by atoms with Crippen LogP contribution in [0.5, 0.6) is 0 Å². The molecular formula is C15H17ClN2O2. The molecule has 2 aromatic rings. The molecule has 4 nitrogen and oxygen atoms in total. The van der Waals surface area contributed by atoms with Crippen molar-refractivity contribution in [3.8, 4) is 11.3 Å². The van der Waals surface area contributed by atoms with Crippen molar-refractivity contribution < 1.29 is 9.26 Å². The van der Waals surface area contributed by atoms with Crippen LogP contribution >= 0.6 is 11.6 Å². The Morgan fingerprint density at radius 3 is 2.90 bits per heavy atom. The van der Waals surface area contributed by atoms with Gasteiger partial charge in [-0.1, -0.05) is 28.9 Å². The minimum atomic E-state index is 0.280. The van der Waals surface area contributed by atoms with Crippen LogP contribution in [-0.4, -0.2) is 35.9 Å². The Hall–Kier alpha value is -1.36. The van der Waals surface area contributed by atoms with Gasteiger partial charge < -0.3 is 9.26 Å². The molecule has 1 aromatic carbocycles. The third-order valence-corrected chi connectivity index (χ3v) is 3.66. The molecule has 0 aliphatic carbocycles. The van der Waals surface area contributed by atoms with Gasteiger partial charge in [0.1, 0.15) is 5.69 Å². The van der Waals surface area contributed by atoms with E-state index in [0.29, 0.717) is 0 Å². The first-order chi connectivity index (χ1) is 9.70. The fourth-order valence-electron chi connectivity index (χ4n) is 2.40. The van der Waals surface area contributed by atoms with Crippen LogP contribution in [0.4, 0.5) is 0 Å². The van der Waals surface area contributed by atoms with E-state index >= 15 is 0 Å². The highest BCUT2D eigenvalue weighted by atomic mass is 35.5. The quantitative estimate of drug-likeness (QED) is 0.871. The molecular weight excluding hydrogens is 276 g/mol. The maximum Gasteiger partial charge on any atom is 0.151 e. The minimum absolute atomic E-state index is 0.280. The van der Waals surface area contributed by atoms with Crippen LogP contribution in [-0.2, 0) is 11.3 Å². The largest absolute Gasteiger partial charge is 0.376 e. The van der Waals surface area contributed by atoms with Gasteiger partial charge in [0, 0.05) is 29.7 Å². The number of nitrogens with zero attached hydrogens (tertiary/aromatic N) is 2. The highest BCUT2D eigenvalue weighted by Gasteiger charge is 2.18. The monoisotopic (exact) mass is 292 g/mol. The first-order valence-corrected chi connectivity index (χ1v) is 7.14. The van der Waals surface area contributed by atoms with Gasteiger partial charge in [-0.25, -0.2) is 0 Å². The number of rotatable bonds is 3. The molecule has 0 saturated carbocycles. The molecule has 0 radical (unpaired) electrons. The van der Waals surface area contributed by atoms with Crippen LogP contribution in [0.25, 0.3) is 11.3 Å². The van der Waals surface area contributed by atoms with Crippen molar-refractivity contribution in [3.63, 3.8) is 0 Å². The topological polar surface area (TPSA) is 38.5 Å². The maximum atomic E-state index is 5.88. The van der Waals surface area contributed by atoms with Crippen molar-refractivity contribution in [1.29, 1.82) is 0 Å². The van der Waals surface area contributed by atoms with E-state index < -0.39 is 0 Å². The summed E-state index contributed by atoms with van der Waals surface area (Å²) in [4.78, 5) is 2.32. The number of aromatic nitrogens is 1. The molecule has 1 fully saturated rings. The van der Waals surface area contributed by atoms with Crippen molar-refractivity contribution in [2.75, 3.05) is 19.7 Å². The molecule has 20 heavy (non-hydrogen) atoms. The van der Waals surface area contributed by atoms with E-state index in [2.05, 4.69) is 17.0 Å². The molecule has 1 saturated heterocycles. The summed E-state index contributed by atoms with van der Waals surface area (Å²) >= 11 is 5.88. The molecule has 106 valence electrons. The number of morpholine rings is 1. The smallest absolute Gasteiger partial charge is 0.151 e. The fourth-order valence-corrected chi connectivity index (χ4v) is 2.52. The molecule has 0 spiro atoms. The molecule has 1 aliphatic rings. The van der Waals surface area contributed by atoms with Crippen molar-refractivity contribution in [2.45, 2.75) is 19.6 Å². The van der Waals surface area contributed by atoms with Crippen LogP contribution in [0.2, 0.25) is 5.02 Å². The standard InChI is InChI=1S/C15H17ClN2O2/c1-11-9-18(6-7-19-11)10-14-8-15(17-20-14)12-2-4-13(16)5-3-12/h2-5,8,11H,6-7,9-10H2,1H3. The summed E-state index contributed by atoms with van der Waals surface area (Å²) in [7, 11) is 0. The second-order valence-corrected chi connectivity index (χ2v) is 5.54. The van der Waals surface area contributed by atoms with Crippen LogP contribution in [0.3, 0.4) is 0 Å². The lowest BCUT2D eigenvalue weighted by Gasteiger charge is -2.30. The molecule has 1 aromatic heterocycles. The predicted molar refractivity (Wildman–Crippen MR) is 77.6 cm³/mol. The van der Waals surface area contributed by atoms with E-state index in [1.807, 2.05) is 30.3 Å². The summed E-state index contributed by atoms with van der Waals surface area (Å²) in [5.41, 5.74) is 1.86. The second-order valence-electron chi connectivity index (χ2n) is 5.10. The Morgan fingerprint density at radius 1 is 1.35 bits per heavy atom. The molecule has 2 heterocycles. The lowest BCUT2D eigenvalue weighted by molar-refractivity contribution is -0.0235. The molecule has 0 amide bonds. The van der Waals surface area contributed by atoms with Gasteiger partial charge in [-0.15, -0.1) is 0 Å². The summed E-state index contributed by atoms with van der Waals surface area (Å²) in [6.07, 6.45) is 0.280. The van der Waals surface area contributed by atoms with Gasteiger partial charge >= 0.3 is 0 Å². The number of halogens is 1. The van der Waals surface area contributed by atoms with Gasteiger partial charge in [0.2, 0.25) is 0 Å². The lowest BCUT2D eigenvalue weighted by atomic mass is 10.1. The van der Waals surface area contributed by atoms with Gasteiger partial charge in [0.25, 0.3) is 0 Å². The van der Waals surface area contributed by atoms with Crippen molar-refractivity contribution in [2.24, 2.45) is 0 Å². The van der Waals surface area contributed by atoms with Crippen molar-refractivity contribution in [1.82, 2.24) is 10.1 Å². The highest BCUT2D eigenvalue weighted by Crippen LogP contribution is 2.22. The van der Waals surface area contributed by atoms with Gasteiger partial charge in [-0.2, -0.15) is 0 Å². The first kappa shape index (κ1) is 13.6. The lowest BCUT2D eigenvalue weighted by Crippen LogP contribution is -2.40. The Balaban J connectivity index is 1.69. The number of ether oxygens (including phenoxy) is 1. The third kappa shape index (κ3) is 3.20. The van der Waals surface area contributed by atoms with Gasteiger partial charge in [-0.05, 0) is 19.1 Å². The number of hydrogen-bond donors (Lipinski definition) is 0. The van der Waals surface area contributed by atoms with Crippen LogP contribution in [0, 0.1) is 0 Å². The second kappa shape index (κ2) is 5.95. The zero-order valence-electron chi connectivity index (χ0n) is 11.4. The van der Waals surface area contributed by atoms with E-state index in [1.165, 1.54) is 0 Å². The SMILES string of the molecule is CC1CN(Cc2cc(-c3ccc(Cl)cc3)no2)CCO1. The highest BCUT2D eigenvalue weighted by molar-refractivity contribution is 6.30. The summed E-state index contributed by atoms with van der Waals surface area (Å²) in [6, 6.07) is 9.59. The minimum Gasteiger partial charge on any atom is -0.376 e. The maximum absolute atomic E-state index is 5.88. The van der Waals surface area contributed by atoms with E-state index in [9.17, 15) is 0 Å². The van der Waals surface area contributed by atoms with E-state index in [1.54, 1.807) is 0 Å². The molecule has 1 aliphatic heterocycles. The fraction of sp³-hybridized carbons (Fsp3) is 0.400. The third-order valence-electron chi connectivity index (χ3n) is 3.40. The molecule has 5 heteroatoms. The molecule has 3 rings (SSSR count). The predicted octanol–water partition coefficient (Wildman–Crippen LogP) is 3.22. The summed E-state index contributed by atoms with van der Waals surface area (Å²) in [5, 5.41) is 4.85. The average molecular weight is 293 g/mol. The van der Waals surface area contributed by atoms with Crippen molar-refractivity contribution in [3.05, 3.63) is 41.1 Å². The number of benzene rings is 1. The average Bonchev–Trinajstić information content (AvgIpc) is 2.88. The molecule has 1 atom stereocenters. The Bertz CT molecular complexity index is 568. The Morgan fingerprint density at radius 2 is 2.15 bits per heavy atom. The van der Waals surface area contributed by atoms with Crippen LogP contribution in [0.1, 0.15) is 12.7 Å². The summed E-state index contributed by atoms with van der Waals surface area (Å²) < 4.78 is 11.0. The Labute approximate surface area is 123 Å². The van der Waals surface area contributed by atoms with E-state index in [4.69, 9.17) is 20.9 Å². The zero-order chi connectivity index (χ0) is 13.9. The van der Waals surface area contributed by atoms with Gasteiger partial charge in [-0.3, -0.25) is 4.90 Å². The van der Waals surface area contributed by atoms with Crippen LogP contribution < -0.4 is 0 Å².